The van der Waals surface area contributed by atoms with Crippen molar-refractivity contribution in [3.05, 3.63) is 69.8 Å². The lowest BCUT2D eigenvalue weighted by molar-refractivity contribution is -0.0211. The van der Waals surface area contributed by atoms with Crippen LogP contribution < -0.4 is 0 Å². The maximum atomic E-state index is 13.5. The quantitative estimate of drug-likeness (QED) is 0.835. The van der Waals surface area contributed by atoms with Gasteiger partial charge in [-0.1, -0.05) is 50.2 Å². The van der Waals surface area contributed by atoms with Gasteiger partial charge in [-0.3, -0.25) is 9.59 Å². The summed E-state index contributed by atoms with van der Waals surface area (Å²) in [5.41, 5.74) is 3.78. The highest BCUT2D eigenvalue weighted by Gasteiger charge is 2.42. The molecular formula is C25H29NO3. The van der Waals surface area contributed by atoms with E-state index >= 15 is 0 Å². The average Bonchev–Trinajstić information content (AvgIpc) is 2.92. The lowest BCUT2D eigenvalue weighted by Gasteiger charge is -2.39. The van der Waals surface area contributed by atoms with Crippen LogP contribution in [0, 0.1) is 19.3 Å². The standard InChI is InChI=1S/C25H29NO3/c1-16-14-17(2)21(19-15-24(3,4)22(27)20(16)19)23(28)26-12-10-25(29,11-13-26)18-8-6-5-7-9-18/h5-9,14,29H,10-13,15H2,1-4H3. The normalized spacial score (nSPS) is 19.9. The summed E-state index contributed by atoms with van der Waals surface area (Å²) in [6.07, 6.45) is 1.63. The summed E-state index contributed by atoms with van der Waals surface area (Å²) in [6, 6.07) is 11.7. The van der Waals surface area contributed by atoms with Gasteiger partial charge in [0.15, 0.2) is 5.78 Å². The van der Waals surface area contributed by atoms with Crippen molar-refractivity contribution in [2.24, 2.45) is 5.41 Å². The Bertz CT molecular complexity index is 983. The highest BCUT2D eigenvalue weighted by molar-refractivity contribution is 6.10. The van der Waals surface area contributed by atoms with Gasteiger partial charge in [0.1, 0.15) is 0 Å². The molecule has 0 unspecified atom stereocenters. The Kier molecular flexibility index (Phi) is 4.66. The number of hydrogen-bond donors (Lipinski definition) is 1. The molecule has 0 saturated carbocycles. The van der Waals surface area contributed by atoms with E-state index in [-0.39, 0.29) is 11.7 Å². The van der Waals surface area contributed by atoms with Gasteiger partial charge in [-0.25, -0.2) is 0 Å². The van der Waals surface area contributed by atoms with Crippen molar-refractivity contribution in [2.75, 3.05) is 13.1 Å². The van der Waals surface area contributed by atoms with Crippen LogP contribution in [0.2, 0.25) is 0 Å². The van der Waals surface area contributed by atoms with Gasteiger partial charge in [0, 0.05) is 29.6 Å². The van der Waals surface area contributed by atoms with Crippen LogP contribution in [0.5, 0.6) is 0 Å². The Morgan fingerprint density at radius 3 is 2.28 bits per heavy atom. The summed E-state index contributed by atoms with van der Waals surface area (Å²) in [4.78, 5) is 28.2. The summed E-state index contributed by atoms with van der Waals surface area (Å²) in [6.45, 7) is 8.84. The van der Waals surface area contributed by atoms with Gasteiger partial charge in [0.2, 0.25) is 0 Å². The first-order chi connectivity index (χ1) is 13.6. The molecule has 4 rings (SSSR count). The number of aliphatic hydroxyl groups is 1. The number of fused-ring (bicyclic) bond motifs is 1. The SMILES string of the molecule is Cc1cc(C)c2c(c1C(=O)N1CCC(O)(c3ccccc3)CC1)CC(C)(C)C2=O. The van der Waals surface area contributed by atoms with Gasteiger partial charge < -0.3 is 10.0 Å². The fraction of sp³-hybridized carbons (Fsp3) is 0.440. The van der Waals surface area contributed by atoms with Gasteiger partial charge in [0.05, 0.1) is 5.60 Å². The zero-order valence-corrected chi connectivity index (χ0v) is 17.7. The van der Waals surface area contributed by atoms with Crippen LogP contribution >= 0.6 is 0 Å². The summed E-state index contributed by atoms with van der Waals surface area (Å²) in [5.74, 6) is 0.121. The zero-order chi connectivity index (χ0) is 21.0. The number of ketones is 1. The molecule has 4 heteroatoms. The van der Waals surface area contributed by atoms with Gasteiger partial charge in [-0.2, -0.15) is 0 Å². The number of rotatable bonds is 2. The van der Waals surface area contributed by atoms with Crippen molar-refractivity contribution < 1.29 is 14.7 Å². The third-order valence-corrected chi connectivity index (χ3v) is 6.69. The first-order valence-corrected chi connectivity index (χ1v) is 10.4. The molecule has 0 atom stereocenters. The molecule has 0 bridgehead atoms. The van der Waals surface area contributed by atoms with Crippen LogP contribution in [-0.4, -0.2) is 34.8 Å². The van der Waals surface area contributed by atoms with Crippen LogP contribution in [0.3, 0.4) is 0 Å². The van der Waals surface area contributed by atoms with Crippen molar-refractivity contribution in [2.45, 2.75) is 52.6 Å². The van der Waals surface area contributed by atoms with E-state index in [9.17, 15) is 14.7 Å². The van der Waals surface area contributed by atoms with E-state index in [0.717, 1.165) is 27.8 Å². The third-order valence-electron chi connectivity index (χ3n) is 6.69. The van der Waals surface area contributed by atoms with E-state index in [2.05, 4.69) is 0 Å². The number of nitrogens with zero attached hydrogens (tertiary/aromatic N) is 1. The van der Waals surface area contributed by atoms with Crippen molar-refractivity contribution in [3.8, 4) is 0 Å². The molecule has 1 N–H and O–H groups in total. The van der Waals surface area contributed by atoms with Gasteiger partial charge in [0.25, 0.3) is 5.91 Å². The van der Waals surface area contributed by atoms with Crippen LogP contribution in [0.1, 0.15) is 69.7 Å². The molecule has 2 aromatic rings. The molecule has 1 amide bonds. The minimum absolute atomic E-state index is 0.0145. The Balaban J connectivity index is 1.62. The van der Waals surface area contributed by atoms with E-state index < -0.39 is 11.0 Å². The first kappa shape index (κ1) is 19.8. The van der Waals surface area contributed by atoms with Crippen LogP contribution in [0.25, 0.3) is 0 Å². The maximum Gasteiger partial charge on any atom is 0.254 e. The summed E-state index contributed by atoms with van der Waals surface area (Å²) in [5, 5.41) is 11.1. The Labute approximate surface area is 172 Å². The molecule has 1 aliphatic carbocycles. The van der Waals surface area contributed by atoms with E-state index in [1.54, 1.807) is 0 Å². The van der Waals surface area contributed by atoms with Gasteiger partial charge in [-0.05, 0) is 55.4 Å². The van der Waals surface area contributed by atoms with Gasteiger partial charge >= 0.3 is 0 Å². The molecule has 1 fully saturated rings. The summed E-state index contributed by atoms with van der Waals surface area (Å²) in [7, 11) is 0. The maximum absolute atomic E-state index is 13.5. The minimum atomic E-state index is -0.889. The van der Waals surface area contributed by atoms with Crippen LogP contribution in [0.4, 0.5) is 0 Å². The molecule has 0 radical (unpaired) electrons. The molecule has 1 saturated heterocycles. The Morgan fingerprint density at radius 1 is 1.03 bits per heavy atom. The molecule has 2 aromatic carbocycles. The van der Waals surface area contributed by atoms with E-state index in [4.69, 9.17) is 0 Å². The summed E-state index contributed by atoms with van der Waals surface area (Å²) >= 11 is 0. The number of amides is 1. The molecule has 1 aliphatic heterocycles. The second kappa shape index (κ2) is 6.81. The molecule has 152 valence electrons. The molecule has 1 heterocycles. The molecule has 0 spiro atoms. The second-order valence-corrected chi connectivity index (χ2v) is 9.32. The second-order valence-electron chi connectivity index (χ2n) is 9.32. The van der Waals surface area contributed by atoms with Crippen LogP contribution in [-0.2, 0) is 12.0 Å². The molecule has 0 aromatic heterocycles. The van der Waals surface area contributed by atoms with Crippen LogP contribution in [0.15, 0.2) is 36.4 Å². The zero-order valence-electron chi connectivity index (χ0n) is 17.7. The highest BCUT2D eigenvalue weighted by atomic mass is 16.3. The van der Waals surface area contributed by atoms with E-state index in [0.29, 0.717) is 37.9 Å². The number of Topliss-reactive ketones (excluding diaryl/α,β-unsaturated/α-hetero) is 1. The number of aryl methyl sites for hydroxylation is 2. The number of benzene rings is 2. The van der Waals surface area contributed by atoms with Crippen molar-refractivity contribution >= 4 is 11.7 Å². The molecular weight excluding hydrogens is 362 g/mol. The van der Waals surface area contributed by atoms with E-state index in [1.807, 2.05) is 69.0 Å². The predicted molar refractivity (Wildman–Crippen MR) is 113 cm³/mol. The number of hydrogen-bond acceptors (Lipinski definition) is 3. The first-order valence-electron chi connectivity index (χ1n) is 10.4. The number of likely N-dealkylation sites (tertiary alicyclic amines) is 1. The smallest absolute Gasteiger partial charge is 0.254 e. The monoisotopic (exact) mass is 391 g/mol. The van der Waals surface area contributed by atoms with E-state index in [1.165, 1.54) is 0 Å². The number of carbonyl (C=O) groups is 2. The van der Waals surface area contributed by atoms with Crippen molar-refractivity contribution in [1.29, 1.82) is 0 Å². The van der Waals surface area contributed by atoms with Crippen molar-refractivity contribution in [3.63, 3.8) is 0 Å². The third kappa shape index (κ3) is 3.20. The molecule has 2 aliphatic rings. The predicted octanol–water partition coefficient (Wildman–Crippen LogP) is 4.19. The fourth-order valence-electron chi connectivity index (χ4n) is 5.00. The minimum Gasteiger partial charge on any atom is -0.385 e. The lowest BCUT2D eigenvalue weighted by atomic mass is 9.84. The molecule has 4 nitrogen and oxygen atoms in total. The highest BCUT2D eigenvalue weighted by Crippen LogP contribution is 2.41. The molecule has 29 heavy (non-hydrogen) atoms. The Morgan fingerprint density at radius 2 is 1.66 bits per heavy atom. The largest absolute Gasteiger partial charge is 0.385 e. The van der Waals surface area contributed by atoms with Gasteiger partial charge in [-0.15, -0.1) is 0 Å². The summed E-state index contributed by atoms with van der Waals surface area (Å²) < 4.78 is 0. The topological polar surface area (TPSA) is 57.6 Å². The fourth-order valence-corrected chi connectivity index (χ4v) is 5.00. The number of carbonyl (C=O) groups excluding carboxylic acids is 2. The average molecular weight is 392 g/mol. The lowest BCUT2D eigenvalue weighted by Crippen LogP contribution is -2.45. The Hall–Kier alpha value is -2.46. The number of piperidine rings is 1. The van der Waals surface area contributed by atoms with Crippen molar-refractivity contribution in [1.82, 2.24) is 4.90 Å².